The highest BCUT2D eigenvalue weighted by atomic mass is 32.1. The number of nitrogens with one attached hydrogen (secondary N) is 1. The second-order valence-electron chi connectivity index (χ2n) is 8.01. The molecule has 4 aromatic rings. The largest absolute Gasteiger partial charge is 0.338 e. The summed E-state index contributed by atoms with van der Waals surface area (Å²) in [6.07, 6.45) is 0. The van der Waals surface area contributed by atoms with Crippen LogP contribution in [0.15, 0.2) is 58.7 Å². The highest BCUT2D eigenvalue weighted by Crippen LogP contribution is 2.29. The molecule has 0 bridgehead atoms. The van der Waals surface area contributed by atoms with Gasteiger partial charge >= 0.3 is 0 Å². The number of thiophene rings is 1. The second kappa shape index (κ2) is 7.37. The molecule has 1 aromatic carbocycles. The van der Waals surface area contributed by atoms with Gasteiger partial charge in [-0.05, 0) is 29.6 Å². The molecule has 3 heterocycles. The molecule has 0 fully saturated rings. The van der Waals surface area contributed by atoms with Crippen LogP contribution in [0.3, 0.4) is 0 Å². The van der Waals surface area contributed by atoms with Crippen molar-refractivity contribution in [3.63, 3.8) is 0 Å². The lowest BCUT2D eigenvalue weighted by Gasteiger charge is -2.15. The van der Waals surface area contributed by atoms with Gasteiger partial charge in [0.25, 0.3) is 5.56 Å². The minimum Gasteiger partial charge on any atom is -0.338 e. The van der Waals surface area contributed by atoms with Crippen LogP contribution in [0.5, 0.6) is 0 Å². The zero-order valence-corrected chi connectivity index (χ0v) is 17.2. The Balaban J connectivity index is 1.76. The topological polar surface area (TPSA) is 67.3 Å². The van der Waals surface area contributed by atoms with Crippen LogP contribution in [-0.4, -0.2) is 14.8 Å². The van der Waals surface area contributed by atoms with Crippen LogP contribution in [0.2, 0.25) is 0 Å². The van der Waals surface area contributed by atoms with E-state index in [9.17, 15) is 4.79 Å². The Hall–Kier alpha value is -2.70. The minimum absolute atomic E-state index is 0.0486. The average Bonchev–Trinajstić information content (AvgIpc) is 3.30. The van der Waals surface area contributed by atoms with E-state index in [2.05, 4.69) is 48.6 Å². The summed E-state index contributed by atoms with van der Waals surface area (Å²) in [7, 11) is 0. The van der Waals surface area contributed by atoms with E-state index < -0.39 is 0 Å². The Morgan fingerprint density at radius 1 is 1.11 bits per heavy atom. The zero-order chi connectivity index (χ0) is 19.7. The lowest BCUT2D eigenvalue weighted by Crippen LogP contribution is -2.81. The van der Waals surface area contributed by atoms with Crippen molar-refractivity contribution in [3.8, 4) is 5.69 Å². The summed E-state index contributed by atoms with van der Waals surface area (Å²) in [5, 5.41) is 10.1. The van der Waals surface area contributed by atoms with E-state index in [-0.39, 0.29) is 11.0 Å². The van der Waals surface area contributed by atoms with Crippen molar-refractivity contribution >= 4 is 22.4 Å². The van der Waals surface area contributed by atoms with Crippen molar-refractivity contribution in [1.29, 1.82) is 0 Å². The van der Waals surface area contributed by atoms with Crippen molar-refractivity contribution in [2.24, 2.45) is 0 Å². The van der Waals surface area contributed by atoms with E-state index in [4.69, 9.17) is 5.10 Å². The molecule has 6 heteroatoms. The first-order chi connectivity index (χ1) is 13.4. The number of rotatable bonds is 5. The number of pyridine rings is 1. The van der Waals surface area contributed by atoms with Crippen molar-refractivity contribution in [2.45, 2.75) is 39.3 Å². The summed E-state index contributed by atoms with van der Waals surface area (Å²) < 4.78 is 1.84. The summed E-state index contributed by atoms with van der Waals surface area (Å²) in [6, 6.07) is 16.1. The van der Waals surface area contributed by atoms with Crippen LogP contribution in [0.4, 0.5) is 0 Å². The first-order valence-electron chi connectivity index (χ1n) is 9.48. The lowest BCUT2D eigenvalue weighted by atomic mass is 9.90. The summed E-state index contributed by atoms with van der Waals surface area (Å²) in [6.45, 7) is 7.97. The van der Waals surface area contributed by atoms with Crippen molar-refractivity contribution in [2.75, 3.05) is 0 Å². The van der Waals surface area contributed by atoms with Crippen LogP contribution in [0, 0.1) is 0 Å². The molecule has 0 unspecified atom stereocenters. The molecule has 0 saturated heterocycles. The van der Waals surface area contributed by atoms with Gasteiger partial charge in [0.15, 0.2) is 0 Å². The monoisotopic (exact) mass is 393 g/mol. The third-order valence-electron chi connectivity index (χ3n) is 4.77. The Morgan fingerprint density at radius 2 is 1.89 bits per heavy atom. The lowest BCUT2D eigenvalue weighted by molar-refractivity contribution is -0.685. The van der Waals surface area contributed by atoms with E-state index in [0.717, 1.165) is 34.5 Å². The summed E-state index contributed by atoms with van der Waals surface area (Å²) in [5.41, 5.74) is 3.28. The smallest absolute Gasteiger partial charge is 0.258 e. The molecular weight excluding hydrogens is 368 g/mol. The highest BCUT2D eigenvalue weighted by molar-refractivity contribution is 7.09. The minimum atomic E-state index is -0.130. The molecule has 0 atom stereocenters. The van der Waals surface area contributed by atoms with E-state index in [1.165, 1.54) is 4.88 Å². The van der Waals surface area contributed by atoms with Crippen LogP contribution in [0.1, 0.15) is 36.9 Å². The SMILES string of the molecule is CC(C)(C)c1nn(-c2ccccc2)c2[nH]c(=O)c(C[NH2+]Cc3cccs3)cc12. The summed E-state index contributed by atoms with van der Waals surface area (Å²) in [5.74, 6) is 0. The van der Waals surface area contributed by atoms with Crippen LogP contribution >= 0.6 is 11.3 Å². The number of hydrogen-bond acceptors (Lipinski definition) is 3. The van der Waals surface area contributed by atoms with E-state index in [1.54, 1.807) is 11.3 Å². The van der Waals surface area contributed by atoms with E-state index in [0.29, 0.717) is 6.54 Å². The maximum absolute atomic E-state index is 12.8. The number of H-pyrrole nitrogens is 1. The second-order valence-corrected chi connectivity index (χ2v) is 9.04. The predicted octanol–water partition coefficient (Wildman–Crippen LogP) is 3.34. The van der Waals surface area contributed by atoms with E-state index >= 15 is 0 Å². The van der Waals surface area contributed by atoms with Gasteiger partial charge in [-0.15, -0.1) is 11.3 Å². The van der Waals surface area contributed by atoms with Gasteiger partial charge in [-0.2, -0.15) is 5.10 Å². The van der Waals surface area contributed by atoms with Crippen LogP contribution < -0.4 is 10.9 Å². The molecule has 5 nitrogen and oxygen atoms in total. The summed E-state index contributed by atoms with van der Waals surface area (Å²) in [4.78, 5) is 17.2. The fraction of sp³-hybridized carbons (Fsp3) is 0.273. The van der Waals surface area contributed by atoms with E-state index in [1.807, 2.05) is 41.1 Å². The van der Waals surface area contributed by atoms with Crippen molar-refractivity contribution < 1.29 is 5.32 Å². The molecule has 0 aliphatic carbocycles. The standard InChI is InChI=1S/C22H24N4OS/c1-22(2,3)19-18-12-15(13-23-14-17-10-7-11-28-17)21(27)24-20(18)26(25-19)16-8-5-4-6-9-16/h4-12,23H,13-14H2,1-3H3,(H,24,27)/p+1. The first kappa shape index (κ1) is 18.7. The quantitative estimate of drug-likeness (QED) is 0.546. The third-order valence-corrected chi connectivity index (χ3v) is 5.66. The summed E-state index contributed by atoms with van der Waals surface area (Å²) >= 11 is 1.74. The average molecular weight is 394 g/mol. The first-order valence-corrected chi connectivity index (χ1v) is 10.4. The molecular formula is C22H25N4OS+. The maximum Gasteiger partial charge on any atom is 0.258 e. The van der Waals surface area contributed by atoms with Crippen molar-refractivity contribution in [1.82, 2.24) is 14.8 Å². The van der Waals surface area contributed by atoms with Gasteiger partial charge in [0.2, 0.25) is 0 Å². The van der Waals surface area contributed by atoms with Gasteiger partial charge in [0.1, 0.15) is 18.7 Å². The molecule has 3 aromatic heterocycles. The Morgan fingerprint density at radius 3 is 2.57 bits per heavy atom. The molecule has 4 rings (SSSR count). The molecule has 0 aliphatic heterocycles. The molecule has 0 radical (unpaired) electrons. The van der Waals surface area contributed by atoms with Crippen LogP contribution in [-0.2, 0) is 18.5 Å². The van der Waals surface area contributed by atoms with Gasteiger partial charge < -0.3 is 10.3 Å². The highest BCUT2D eigenvalue weighted by Gasteiger charge is 2.24. The Bertz CT molecular complexity index is 1140. The van der Waals surface area contributed by atoms with Gasteiger partial charge in [-0.25, -0.2) is 4.68 Å². The Labute approximate surface area is 168 Å². The fourth-order valence-corrected chi connectivity index (χ4v) is 4.08. The number of quaternary nitrogens is 1. The molecule has 0 spiro atoms. The molecule has 3 N–H and O–H groups in total. The molecule has 144 valence electrons. The number of benzene rings is 1. The number of nitrogens with zero attached hydrogens (tertiary/aromatic N) is 2. The van der Waals surface area contributed by atoms with Gasteiger partial charge in [0.05, 0.1) is 21.8 Å². The molecule has 28 heavy (non-hydrogen) atoms. The number of hydrogen-bond donors (Lipinski definition) is 2. The Kier molecular flexibility index (Phi) is 4.91. The number of fused-ring (bicyclic) bond motifs is 1. The van der Waals surface area contributed by atoms with Gasteiger partial charge in [0, 0.05) is 10.8 Å². The van der Waals surface area contributed by atoms with Crippen LogP contribution in [0.25, 0.3) is 16.7 Å². The maximum atomic E-state index is 12.8. The fourth-order valence-electron chi connectivity index (χ4n) is 3.38. The number of aromatic nitrogens is 3. The van der Waals surface area contributed by atoms with Crippen molar-refractivity contribution in [3.05, 3.63) is 80.4 Å². The number of nitrogens with two attached hydrogens (primary N) is 1. The van der Waals surface area contributed by atoms with Gasteiger partial charge in [-0.1, -0.05) is 45.0 Å². The predicted molar refractivity (Wildman–Crippen MR) is 114 cm³/mol. The number of para-hydroxylation sites is 1. The molecule has 0 amide bonds. The molecule has 0 saturated carbocycles. The number of aromatic amines is 1. The third kappa shape index (κ3) is 3.66. The van der Waals surface area contributed by atoms with Gasteiger partial charge in [-0.3, -0.25) is 4.79 Å². The normalized spacial score (nSPS) is 12.0. The zero-order valence-electron chi connectivity index (χ0n) is 16.4. The molecule has 0 aliphatic rings.